The maximum Gasteiger partial charge on any atom is 0.168 e. The molecule has 0 aliphatic carbocycles. The first-order valence-corrected chi connectivity index (χ1v) is 4.78. The molecule has 0 aromatic rings. The Morgan fingerprint density at radius 2 is 2.08 bits per heavy atom. The Labute approximate surface area is 75.2 Å². The molecule has 1 unspecified atom stereocenters. The van der Waals surface area contributed by atoms with Crippen molar-refractivity contribution in [3.8, 4) is 0 Å². The molecule has 0 saturated carbocycles. The number of ether oxygens (including phenoxy) is 2. The summed E-state index contributed by atoms with van der Waals surface area (Å²) in [6, 6.07) is 0. The number of hydrogen-bond acceptors (Lipinski definition) is 2. The fourth-order valence-electron chi connectivity index (χ4n) is 1.57. The first-order chi connectivity index (χ1) is 5.76. The minimum Gasteiger partial charge on any atom is -0.347 e. The van der Waals surface area contributed by atoms with Crippen LogP contribution in [-0.2, 0) is 9.47 Å². The van der Waals surface area contributed by atoms with Crippen molar-refractivity contribution in [1.82, 2.24) is 0 Å². The topological polar surface area (TPSA) is 18.5 Å². The Bertz CT molecular complexity index is 130. The van der Waals surface area contributed by atoms with Gasteiger partial charge in [0.25, 0.3) is 0 Å². The second-order valence-electron chi connectivity index (χ2n) is 3.25. The van der Waals surface area contributed by atoms with E-state index < -0.39 is 0 Å². The molecule has 0 amide bonds. The monoisotopic (exact) mass is 170 g/mol. The van der Waals surface area contributed by atoms with Crippen molar-refractivity contribution in [3.05, 3.63) is 6.92 Å². The lowest BCUT2D eigenvalue weighted by atomic mass is 10.1. The van der Waals surface area contributed by atoms with E-state index in [0.29, 0.717) is 13.0 Å². The van der Waals surface area contributed by atoms with Crippen molar-refractivity contribution >= 4 is 0 Å². The van der Waals surface area contributed by atoms with Crippen LogP contribution in [0.25, 0.3) is 0 Å². The maximum atomic E-state index is 5.79. The highest BCUT2D eigenvalue weighted by atomic mass is 16.7. The van der Waals surface area contributed by atoms with E-state index in [0.717, 1.165) is 19.3 Å². The molecule has 1 aliphatic heterocycles. The zero-order valence-corrected chi connectivity index (χ0v) is 8.01. The molecule has 1 aliphatic rings. The van der Waals surface area contributed by atoms with Crippen LogP contribution < -0.4 is 0 Å². The van der Waals surface area contributed by atoms with Gasteiger partial charge < -0.3 is 9.47 Å². The molecule has 0 aromatic carbocycles. The molecule has 1 atom stereocenters. The predicted octanol–water partition coefficient (Wildman–Crippen LogP) is 2.41. The smallest absolute Gasteiger partial charge is 0.168 e. The average Bonchev–Trinajstić information content (AvgIpc) is 2.50. The zero-order valence-electron chi connectivity index (χ0n) is 8.01. The largest absolute Gasteiger partial charge is 0.347 e. The van der Waals surface area contributed by atoms with Crippen LogP contribution in [0.1, 0.15) is 39.5 Å². The Morgan fingerprint density at radius 3 is 2.50 bits per heavy atom. The van der Waals surface area contributed by atoms with E-state index in [1.54, 1.807) is 0 Å². The zero-order chi connectivity index (χ0) is 9.03. The van der Waals surface area contributed by atoms with Gasteiger partial charge in [-0.1, -0.05) is 13.8 Å². The van der Waals surface area contributed by atoms with Gasteiger partial charge in [-0.15, -0.1) is 0 Å². The molecule has 1 heterocycles. The molecule has 1 fully saturated rings. The fourth-order valence-corrected chi connectivity index (χ4v) is 1.57. The quantitative estimate of drug-likeness (QED) is 0.645. The third-order valence-electron chi connectivity index (χ3n) is 2.48. The molecule has 2 heteroatoms. The van der Waals surface area contributed by atoms with E-state index in [1.807, 2.05) is 0 Å². The Kier molecular flexibility index (Phi) is 3.53. The van der Waals surface area contributed by atoms with Crippen LogP contribution in [0.15, 0.2) is 0 Å². The first kappa shape index (κ1) is 10.0. The fraction of sp³-hybridized carbons (Fsp3) is 0.900. The number of rotatable bonds is 4. The molecule has 1 rings (SSSR count). The van der Waals surface area contributed by atoms with Crippen LogP contribution in [0, 0.1) is 6.92 Å². The minimum absolute atomic E-state index is 0.218. The summed E-state index contributed by atoms with van der Waals surface area (Å²) in [4.78, 5) is 0. The molecule has 2 nitrogen and oxygen atoms in total. The van der Waals surface area contributed by atoms with E-state index in [2.05, 4.69) is 13.8 Å². The summed E-state index contributed by atoms with van der Waals surface area (Å²) in [5.41, 5.74) is 0. The summed E-state index contributed by atoms with van der Waals surface area (Å²) in [7, 11) is 0. The van der Waals surface area contributed by atoms with Gasteiger partial charge in [-0.05, 0) is 32.6 Å². The lowest BCUT2D eigenvalue weighted by molar-refractivity contribution is -0.172. The van der Waals surface area contributed by atoms with Gasteiger partial charge in [-0.2, -0.15) is 0 Å². The van der Waals surface area contributed by atoms with Gasteiger partial charge >= 0.3 is 0 Å². The van der Waals surface area contributed by atoms with E-state index in [4.69, 9.17) is 16.4 Å². The van der Waals surface area contributed by atoms with E-state index in [-0.39, 0.29) is 11.9 Å². The second-order valence-corrected chi connectivity index (χ2v) is 3.25. The highest BCUT2D eigenvalue weighted by Gasteiger charge is 2.37. The molecule has 0 bridgehead atoms. The molecule has 0 spiro atoms. The van der Waals surface area contributed by atoms with Crippen LogP contribution in [0.3, 0.4) is 0 Å². The van der Waals surface area contributed by atoms with E-state index in [1.165, 1.54) is 0 Å². The molecule has 1 saturated heterocycles. The minimum atomic E-state index is -0.306. The highest BCUT2D eigenvalue weighted by Crippen LogP contribution is 2.31. The predicted molar refractivity (Wildman–Crippen MR) is 47.7 cm³/mol. The molecular weight excluding hydrogens is 152 g/mol. The lowest BCUT2D eigenvalue weighted by Crippen LogP contribution is -2.28. The van der Waals surface area contributed by atoms with Gasteiger partial charge in [0.15, 0.2) is 5.79 Å². The van der Waals surface area contributed by atoms with Crippen molar-refractivity contribution in [2.75, 3.05) is 6.61 Å². The summed E-state index contributed by atoms with van der Waals surface area (Å²) in [5, 5.41) is 0. The second kappa shape index (κ2) is 4.24. The van der Waals surface area contributed by atoms with Crippen molar-refractivity contribution in [3.63, 3.8) is 0 Å². The van der Waals surface area contributed by atoms with Crippen LogP contribution in [0.2, 0.25) is 0 Å². The Hall–Kier alpha value is -0.0800. The molecular formula is C10H18O2. The summed E-state index contributed by atoms with van der Waals surface area (Å²) < 4.78 is 11.4. The standard InChI is InChI=1S/C10H18O2/c1-4-7-9-8-11-10(5-2,6-3)12-9/h1,9H,4-8H2,2-3H3. The summed E-state index contributed by atoms with van der Waals surface area (Å²) in [5.74, 6) is -0.306. The Balaban J connectivity index is 2.41. The van der Waals surface area contributed by atoms with Crippen LogP contribution >= 0.6 is 0 Å². The van der Waals surface area contributed by atoms with E-state index >= 15 is 0 Å². The highest BCUT2D eigenvalue weighted by molar-refractivity contribution is 4.76. The van der Waals surface area contributed by atoms with Gasteiger partial charge in [-0.3, -0.25) is 0 Å². The normalized spacial score (nSPS) is 27.8. The van der Waals surface area contributed by atoms with Crippen molar-refractivity contribution in [2.24, 2.45) is 0 Å². The van der Waals surface area contributed by atoms with Crippen molar-refractivity contribution in [2.45, 2.75) is 51.4 Å². The van der Waals surface area contributed by atoms with Crippen molar-refractivity contribution < 1.29 is 9.47 Å². The van der Waals surface area contributed by atoms with Crippen LogP contribution in [0.5, 0.6) is 0 Å². The molecule has 2 radical (unpaired) electrons. The average molecular weight is 170 g/mol. The molecule has 0 aromatic heterocycles. The maximum absolute atomic E-state index is 5.79. The molecule has 12 heavy (non-hydrogen) atoms. The van der Waals surface area contributed by atoms with Gasteiger partial charge in [0.1, 0.15) is 0 Å². The summed E-state index contributed by atoms with van der Waals surface area (Å²) >= 11 is 0. The lowest BCUT2D eigenvalue weighted by Gasteiger charge is -2.24. The first-order valence-electron chi connectivity index (χ1n) is 4.78. The van der Waals surface area contributed by atoms with Crippen LogP contribution in [0.4, 0.5) is 0 Å². The molecule has 0 N–H and O–H groups in total. The van der Waals surface area contributed by atoms with Crippen molar-refractivity contribution in [1.29, 1.82) is 0 Å². The Morgan fingerprint density at radius 1 is 1.42 bits per heavy atom. The van der Waals surface area contributed by atoms with Gasteiger partial charge in [0.2, 0.25) is 0 Å². The van der Waals surface area contributed by atoms with Gasteiger partial charge in [0.05, 0.1) is 12.7 Å². The van der Waals surface area contributed by atoms with E-state index in [9.17, 15) is 0 Å². The van der Waals surface area contributed by atoms with Gasteiger partial charge in [-0.25, -0.2) is 0 Å². The summed E-state index contributed by atoms with van der Waals surface area (Å²) in [6.07, 6.45) is 3.64. The number of hydrogen-bond donors (Lipinski definition) is 0. The summed E-state index contributed by atoms with van der Waals surface area (Å²) in [6.45, 7) is 10.3. The van der Waals surface area contributed by atoms with Gasteiger partial charge in [0, 0.05) is 0 Å². The third-order valence-corrected chi connectivity index (χ3v) is 2.48. The SMILES string of the molecule is [CH]CCC1COC(CC)(CC)O1. The van der Waals surface area contributed by atoms with Crippen LogP contribution in [-0.4, -0.2) is 18.5 Å². The molecule has 70 valence electrons. The third kappa shape index (κ3) is 1.99.